The van der Waals surface area contributed by atoms with Gasteiger partial charge in [0, 0.05) is 28.2 Å². The van der Waals surface area contributed by atoms with Crippen LogP contribution in [0.25, 0.3) is 21.8 Å². The van der Waals surface area contributed by atoms with Crippen LogP contribution in [0.5, 0.6) is 0 Å². The van der Waals surface area contributed by atoms with Crippen molar-refractivity contribution in [1.82, 2.24) is 9.97 Å². The summed E-state index contributed by atoms with van der Waals surface area (Å²) in [5.74, 6) is 1.72. The Labute approximate surface area is 332 Å². The number of nitrogens with one attached hydrogen (secondary N) is 3. The van der Waals surface area contributed by atoms with Crippen LogP contribution in [0.15, 0.2) is 102 Å². The standard InChI is InChI=1S/C21H23ClN2.C21H24N2O.Cl3OP/c1-13(2)16-8-6-9-17(14(3)4)21(16)23-18-10-5-7-15-11-12-19(22)24-20(15)18;1-13(2)16-8-6-9-17(14(3)4)21(16)22-18-10-5-7-15-11-12-19(24)23-20(15)18;1-5(2,3)4/h5-14,23H,1-4H3;5-14,22H,1-4H3,(H,23,24);. The zero-order chi connectivity index (χ0) is 39.0. The molecule has 2 aromatic heterocycles. The van der Waals surface area contributed by atoms with Crippen molar-refractivity contribution in [3.63, 3.8) is 0 Å². The van der Waals surface area contributed by atoms with Crippen molar-refractivity contribution in [2.75, 3.05) is 10.6 Å². The van der Waals surface area contributed by atoms with Gasteiger partial charge in [0.05, 0.1) is 22.4 Å². The van der Waals surface area contributed by atoms with E-state index in [4.69, 9.17) is 11.6 Å². The molecule has 2 heterocycles. The number of anilines is 4. The van der Waals surface area contributed by atoms with Gasteiger partial charge in [-0.15, -0.1) is 0 Å². The van der Waals surface area contributed by atoms with E-state index in [1.165, 1.54) is 27.9 Å². The Morgan fingerprint density at radius 1 is 0.566 bits per heavy atom. The zero-order valence-electron chi connectivity index (χ0n) is 31.3. The van der Waals surface area contributed by atoms with Gasteiger partial charge in [-0.25, -0.2) is 4.98 Å². The number of pyridine rings is 2. The SMILES string of the molecule is CC(C)c1cccc(C(C)C)c1Nc1cccc2ccc(=O)[nH]c12.CC(C)c1cccc(C(C)C)c1Nc1cccc2ccc(Cl)nc12.O=P(Cl)(Cl)Cl. The van der Waals surface area contributed by atoms with Gasteiger partial charge in [-0.2, -0.15) is 0 Å². The summed E-state index contributed by atoms with van der Waals surface area (Å²) in [6.45, 7) is 17.7. The molecule has 0 fully saturated rings. The number of rotatable bonds is 8. The van der Waals surface area contributed by atoms with Crippen molar-refractivity contribution in [2.24, 2.45) is 0 Å². The molecule has 280 valence electrons. The molecule has 3 N–H and O–H groups in total. The number of hydrogen-bond donors (Lipinski definition) is 3. The molecule has 0 spiro atoms. The molecule has 0 aliphatic heterocycles. The Kier molecular flexibility index (Phi) is 14.9. The van der Waals surface area contributed by atoms with Gasteiger partial charge in [-0.1, -0.05) is 128 Å². The molecule has 0 radical (unpaired) electrons. The molecule has 4 aromatic carbocycles. The molecule has 0 aliphatic rings. The Hall–Kier alpha value is -3.51. The second-order valence-electron chi connectivity index (χ2n) is 14.0. The zero-order valence-corrected chi connectivity index (χ0v) is 35.2. The van der Waals surface area contributed by atoms with Gasteiger partial charge >= 0.3 is 5.20 Å². The third-order valence-electron chi connectivity index (χ3n) is 8.71. The lowest BCUT2D eigenvalue weighted by atomic mass is 9.92. The fourth-order valence-corrected chi connectivity index (χ4v) is 6.31. The van der Waals surface area contributed by atoms with Crippen LogP contribution in [0.4, 0.5) is 22.7 Å². The quantitative estimate of drug-likeness (QED) is 0.105. The predicted octanol–water partition coefficient (Wildman–Crippen LogP) is 15.2. The normalized spacial score (nSPS) is 11.5. The summed E-state index contributed by atoms with van der Waals surface area (Å²) in [6.07, 6.45) is 0. The molecule has 6 nitrogen and oxygen atoms in total. The lowest BCUT2D eigenvalue weighted by Gasteiger charge is -2.21. The number of benzene rings is 4. The summed E-state index contributed by atoms with van der Waals surface area (Å²) >= 11 is 20.0. The second kappa shape index (κ2) is 18.7. The van der Waals surface area contributed by atoms with Crippen LogP contribution in [-0.4, -0.2) is 9.97 Å². The molecule has 6 rings (SSSR count). The average molecular weight is 813 g/mol. The Balaban J connectivity index is 0.000000210. The predicted molar refractivity (Wildman–Crippen MR) is 232 cm³/mol. The number of fused-ring (bicyclic) bond motifs is 2. The van der Waals surface area contributed by atoms with Crippen LogP contribution in [0.2, 0.25) is 5.15 Å². The third kappa shape index (κ3) is 11.7. The maximum atomic E-state index is 11.8. The van der Waals surface area contributed by atoms with Crippen molar-refractivity contribution in [3.05, 3.63) is 135 Å². The van der Waals surface area contributed by atoms with Crippen LogP contribution in [0.3, 0.4) is 0 Å². The Morgan fingerprint density at radius 2 is 0.962 bits per heavy atom. The van der Waals surface area contributed by atoms with E-state index in [1.807, 2.05) is 42.5 Å². The van der Waals surface area contributed by atoms with E-state index in [-0.39, 0.29) is 5.56 Å². The smallest absolute Gasteiger partial charge is 0.339 e. The maximum Gasteiger partial charge on any atom is 0.339 e. The number of H-pyrrole nitrogens is 1. The highest BCUT2D eigenvalue weighted by Crippen LogP contribution is 2.61. The van der Waals surface area contributed by atoms with Gasteiger partial charge in [-0.3, -0.25) is 9.36 Å². The van der Waals surface area contributed by atoms with Gasteiger partial charge in [0.25, 0.3) is 0 Å². The van der Waals surface area contributed by atoms with E-state index < -0.39 is 5.20 Å². The van der Waals surface area contributed by atoms with Crippen LogP contribution >= 0.6 is 50.5 Å². The summed E-state index contributed by atoms with van der Waals surface area (Å²) in [5, 5.41) is 6.65. The lowest BCUT2D eigenvalue weighted by Crippen LogP contribution is -2.07. The van der Waals surface area contributed by atoms with E-state index in [0.29, 0.717) is 28.8 Å². The highest BCUT2D eigenvalue weighted by atomic mass is 36.0. The van der Waals surface area contributed by atoms with Gasteiger partial charge in [0.2, 0.25) is 5.56 Å². The minimum atomic E-state index is -3.22. The summed E-state index contributed by atoms with van der Waals surface area (Å²) in [4.78, 5) is 19.2. The number of nitrogens with zero attached hydrogens (tertiary/aromatic N) is 1. The topological polar surface area (TPSA) is 86.9 Å². The molecule has 11 heteroatoms. The first-order valence-corrected chi connectivity index (χ1v) is 22.4. The number of para-hydroxylation sites is 4. The van der Waals surface area contributed by atoms with Crippen molar-refractivity contribution in [2.45, 2.75) is 79.1 Å². The number of aromatic nitrogens is 2. The number of halogens is 4. The molecule has 0 unspecified atom stereocenters. The lowest BCUT2D eigenvalue weighted by molar-refractivity contribution is 0.600. The molecular formula is C42H47Cl4N4O2P. The number of aromatic amines is 1. The van der Waals surface area contributed by atoms with Gasteiger partial charge < -0.3 is 15.6 Å². The summed E-state index contributed by atoms with van der Waals surface area (Å²) in [6, 6.07) is 32.5. The van der Waals surface area contributed by atoms with E-state index >= 15 is 0 Å². The fourth-order valence-electron chi connectivity index (χ4n) is 6.17. The maximum absolute atomic E-state index is 11.8. The van der Waals surface area contributed by atoms with Crippen LogP contribution in [0.1, 0.15) is 101 Å². The molecule has 0 amide bonds. The van der Waals surface area contributed by atoms with E-state index in [2.05, 4.69) is 158 Å². The highest BCUT2D eigenvalue weighted by molar-refractivity contribution is 8.24. The van der Waals surface area contributed by atoms with E-state index in [1.54, 1.807) is 6.07 Å². The fraction of sp³-hybridized carbons (Fsp3) is 0.286. The molecule has 0 atom stereocenters. The van der Waals surface area contributed by atoms with Gasteiger partial charge in [0.15, 0.2) is 0 Å². The minimum absolute atomic E-state index is 0.0852. The monoisotopic (exact) mass is 810 g/mol. The second-order valence-corrected chi connectivity index (χ2v) is 21.0. The Bertz CT molecular complexity index is 2220. The van der Waals surface area contributed by atoms with Crippen molar-refractivity contribution < 1.29 is 4.57 Å². The van der Waals surface area contributed by atoms with Gasteiger partial charge in [-0.05, 0) is 110 Å². The first-order chi connectivity index (χ1) is 24.9. The summed E-state index contributed by atoms with van der Waals surface area (Å²) < 4.78 is 9.51. The average Bonchev–Trinajstić information content (AvgIpc) is 3.08. The largest absolute Gasteiger partial charge is 0.353 e. The molecule has 53 heavy (non-hydrogen) atoms. The van der Waals surface area contributed by atoms with Crippen molar-refractivity contribution in [1.29, 1.82) is 0 Å². The summed E-state index contributed by atoms with van der Waals surface area (Å²) in [7, 11) is 0. The number of hydrogen-bond acceptors (Lipinski definition) is 5. The van der Waals surface area contributed by atoms with Crippen molar-refractivity contribution in [3.8, 4) is 0 Å². The first-order valence-electron chi connectivity index (χ1n) is 17.6. The molecule has 0 saturated heterocycles. The molecule has 0 bridgehead atoms. The third-order valence-corrected chi connectivity index (χ3v) is 8.92. The van der Waals surface area contributed by atoms with Crippen LogP contribution in [-0.2, 0) is 4.57 Å². The first kappa shape index (κ1) is 42.2. The van der Waals surface area contributed by atoms with E-state index in [0.717, 1.165) is 38.9 Å². The molecule has 6 aromatic rings. The van der Waals surface area contributed by atoms with Crippen molar-refractivity contribution >= 4 is 95.1 Å². The minimum Gasteiger partial charge on any atom is -0.353 e. The summed E-state index contributed by atoms with van der Waals surface area (Å²) in [5.41, 5.74) is 11.1. The molecule has 0 aliphatic carbocycles. The van der Waals surface area contributed by atoms with Gasteiger partial charge in [0.1, 0.15) is 5.15 Å². The molecular weight excluding hydrogens is 765 g/mol. The van der Waals surface area contributed by atoms with E-state index in [9.17, 15) is 9.36 Å². The van der Waals surface area contributed by atoms with Crippen LogP contribution < -0.4 is 16.2 Å². The highest BCUT2D eigenvalue weighted by Gasteiger charge is 2.17. The van der Waals surface area contributed by atoms with Crippen LogP contribution in [0, 0.1) is 0 Å². The molecule has 0 saturated carbocycles. The Morgan fingerprint density at radius 3 is 1.43 bits per heavy atom.